The predicted octanol–water partition coefficient (Wildman–Crippen LogP) is 1.90. The van der Waals surface area contributed by atoms with Gasteiger partial charge in [0.2, 0.25) is 0 Å². The SMILES string of the molecule is CCC(C(C)S)C(CCC(=O)O)C(=O)O. The summed E-state index contributed by atoms with van der Waals surface area (Å²) in [6.07, 6.45) is 0.767. The summed E-state index contributed by atoms with van der Waals surface area (Å²) < 4.78 is 0. The zero-order valence-corrected chi connectivity index (χ0v) is 9.91. The maximum atomic E-state index is 11.0. The first-order valence-corrected chi connectivity index (χ1v) is 5.54. The van der Waals surface area contributed by atoms with Crippen LogP contribution in [0.4, 0.5) is 0 Å². The monoisotopic (exact) mass is 234 g/mol. The number of carbonyl (C=O) groups is 2. The first-order valence-electron chi connectivity index (χ1n) is 5.02. The third kappa shape index (κ3) is 5.06. The summed E-state index contributed by atoms with van der Waals surface area (Å²) >= 11 is 4.24. The Morgan fingerprint density at radius 2 is 1.87 bits per heavy atom. The van der Waals surface area contributed by atoms with Gasteiger partial charge in [0.1, 0.15) is 0 Å². The van der Waals surface area contributed by atoms with Crippen LogP contribution in [-0.2, 0) is 9.59 Å². The minimum Gasteiger partial charge on any atom is -0.481 e. The van der Waals surface area contributed by atoms with Crippen LogP contribution in [0, 0.1) is 11.8 Å². The molecule has 0 aliphatic carbocycles. The number of carboxylic acid groups (broad SMARTS) is 2. The van der Waals surface area contributed by atoms with Gasteiger partial charge in [-0.15, -0.1) is 0 Å². The van der Waals surface area contributed by atoms with Crippen LogP contribution in [0.3, 0.4) is 0 Å². The number of hydrogen-bond donors (Lipinski definition) is 3. The normalized spacial score (nSPS) is 16.7. The second kappa shape index (κ2) is 6.71. The summed E-state index contributed by atoms with van der Waals surface area (Å²) in [6, 6.07) is 0. The molecule has 0 rings (SSSR count). The van der Waals surface area contributed by atoms with Crippen molar-refractivity contribution in [2.45, 2.75) is 38.4 Å². The van der Waals surface area contributed by atoms with Crippen LogP contribution in [0.1, 0.15) is 33.1 Å². The number of rotatable bonds is 7. The van der Waals surface area contributed by atoms with Crippen molar-refractivity contribution >= 4 is 24.6 Å². The first kappa shape index (κ1) is 14.3. The van der Waals surface area contributed by atoms with Crippen molar-refractivity contribution in [2.24, 2.45) is 11.8 Å². The summed E-state index contributed by atoms with van der Waals surface area (Å²) in [7, 11) is 0. The molecule has 0 fully saturated rings. The van der Waals surface area contributed by atoms with E-state index in [1.165, 1.54) is 0 Å². The molecule has 0 radical (unpaired) electrons. The van der Waals surface area contributed by atoms with Gasteiger partial charge in [-0.2, -0.15) is 12.6 Å². The van der Waals surface area contributed by atoms with Crippen molar-refractivity contribution in [1.82, 2.24) is 0 Å². The minimum absolute atomic E-state index is 0.0371. The fraction of sp³-hybridized carbons (Fsp3) is 0.800. The lowest BCUT2D eigenvalue weighted by molar-refractivity contribution is -0.145. The predicted molar refractivity (Wildman–Crippen MR) is 60.2 cm³/mol. The number of hydrogen-bond acceptors (Lipinski definition) is 3. The van der Waals surface area contributed by atoms with Crippen LogP contribution in [0.2, 0.25) is 0 Å². The Bertz CT molecular complexity index is 227. The molecule has 0 aliphatic heterocycles. The van der Waals surface area contributed by atoms with E-state index in [0.29, 0.717) is 6.42 Å². The molecule has 0 aromatic heterocycles. The topological polar surface area (TPSA) is 74.6 Å². The summed E-state index contributed by atoms with van der Waals surface area (Å²) in [5.41, 5.74) is 0. The van der Waals surface area contributed by atoms with E-state index in [9.17, 15) is 9.59 Å². The van der Waals surface area contributed by atoms with Gasteiger partial charge in [-0.3, -0.25) is 9.59 Å². The van der Waals surface area contributed by atoms with Crippen LogP contribution >= 0.6 is 12.6 Å². The van der Waals surface area contributed by atoms with Gasteiger partial charge in [-0.05, 0) is 12.3 Å². The van der Waals surface area contributed by atoms with Gasteiger partial charge in [0.05, 0.1) is 5.92 Å². The molecule has 15 heavy (non-hydrogen) atoms. The van der Waals surface area contributed by atoms with E-state index in [2.05, 4.69) is 12.6 Å². The van der Waals surface area contributed by atoms with E-state index in [1.54, 1.807) is 0 Å². The minimum atomic E-state index is -0.956. The summed E-state index contributed by atoms with van der Waals surface area (Å²) in [5, 5.41) is 17.5. The highest BCUT2D eigenvalue weighted by molar-refractivity contribution is 7.80. The van der Waals surface area contributed by atoms with Crippen molar-refractivity contribution in [3.63, 3.8) is 0 Å². The molecule has 5 heteroatoms. The number of aliphatic carboxylic acids is 2. The summed E-state index contributed by atoms with van der Waals surface area (Å²) in [5.74, 6) is -2.57. The Labute approximate surface area is 95.1 Å². The molecule has 0 aliphatic rings. The summed E-state index contributed by atoms with van der Waals surface area (Å²) in [6.45, 7) is 3.74. The van der Waals surface area contributed by atoms with E-state index in [-0.39, 0.29) is 24.0 Å². The Morgan fingerprint density at radius 1 is 1.33 bits per heavy atom. The van der Waals surface area contributed by atoms with Crippen LogP contribution in [0.15, 0.2) is 0 Å². The van der Waals surface area contributed by atoms with Crippen LogP contribution in [0.25, 0.3) is 0 Å². The zero-order valence-electron chi connectivity index (χ0n) is 9.01. The third-order valence-corrected chi connectivity index (χ3v) is 2.98. The lowest BCUT2D eigenvalue weighted by Gasteiger charge is -2.25. The molecule has 2 N–H and O–H groups in total. The van der Waals surface area contributed by atoms with Crippen LogP contribution in [-0.4, -0.2) is 27.4 Å². The van der Waals surface area contributed by atoms with Crippen molar-refractivity contribution in [3.05, 3.63) is 0 Å². The van der Waals surface area contributed by atoms with E-state index in [0.717, 1.165) is 0 Å². The molecular formula is C10H18O4S. The van der Waals surface area contributed by atoms with Gasteiger partial charge in [0, 0.05) is 11.7 Å². The Morgan fingerprint density at radius 3 is 2.13 bits per heavy atom. The number of thiol groups is 1. The molecule has 3 unspecified atom stereocenters. The van der Waals surface area contributed by atoms with Gasteiger partial charge in [-0.25, -0.2) is 0 Å². The average Bonchev–Trinajstić information content (AvgIpc) is 2.10. The molecule has 0 aromatic carbocycles. The lowest BCUT2D eigenvalue weighted by atomic mass is 9.84. The van der Waals surface area contributed by atoms with E-state index in [4.69, 9.17) is 10.2 Å². The van der Waals surface area contributed by atoms with Crippen molar-refractivity contribution < 1.29 is 19.8 Å². The molecular weight excluding hydrogens is 216 g/mol. The molecule has 4 nitrogen and oxygen atoms in total. The second-order valence-corrected chi connectivity index (χ2v) is 4.50. The Hall–Kier alpha value is -0.710. The van der Waals surface area contributed by atoms with Crippen LogP contribution in [0.5, 0.6) is 0 Å². The fourth-order valence-corrected chi connectivity index (χ4v) is 2.18. The Kier molecular flexibility index (Phi) is 6.40. The van der Waals surface area contributed by atoms with E-state index >= 15 is 0 Å². The van der Waals surface area contributed by atoms with Crippen molar-refractivity contribution in [1.29, 1.82) is 0 Å². The third-order valence-electron chi connectivity index (χ3n) is 2.59. The average molecular weight is 234 g/mol. The molecule has 0 heterocycles. The van der Waals surface area contributed by atoms with Gasteiger partial charge in [0.15, 0.2) is 0 Å². The second-order valence-electron chi connectivity index (χ2n) is 3.69. The van der Waals surface area contributed by atoms with Gasteiger partial charge < -0.3 is 10.2 Å². The highest BCUT2D eigenvalue weighted by atomic mass is 32.1. The van der Waals surface area contributed by atoms with E-state index in [1.807, 2.05) is 13.8 Å². The molecule has 0 aromatic rings. The van der Waals surface area contributed by atoms with E-state index < -0.39 is 17.9 Å². The molecule has 88 valence electrons. The number of carboxylic acids is 2. The molecule has 0 amide bonds. The van der Waals surface area contributed by atoms with Crippen molar-refractivity contribution in [3.8, 4) is 0 Å². The fourth-order valence-electron chi connectivity index (χ4n) is 1.76. The zero-order chi connectivity index (χ0) is 12.0. The quantitative estimate of drug-likeness (QED) is 0.588. The first-order chi connectivity index (χ1) is 6.90. The standard InChI is InChI=1S/C10H18O4S/c1-3-7(6(2)15)8(10(13)14)4-5-9(11)12/h6-8,15H,3-5H2,1-2H3,(H,11,12)(H,13,14). The van der Waals surface area contributed by atoms with Crippen LogP contribution < -0.4 is 0 Å². The highest BCUT2D eigenvalue weighted by Crippen LogP contribution is 2.27. The molecule has 0 spiro atoms. The lowest BCUT2D eigenvalue weighted by Crippen LogP contribution is -2.29. The molecule has 0 saturated carbocycles. The van der Waals surface area contributed by atoms with Crippen molar-refractivity contribution in [2.75, 3.05) is 0 Å². The largest absolute Gasteiger partial charge is 0.481 e. The maximum absolute atomic E-state index is 11.0. The highest BCUT2D eigenvalue weighted by Gasteiger charge is 2.29. The molecule has 0 saturated heterocycles. The maximum Gasteiger partial charge on any atom is 0.306 e. The smallest absolute Gasteiger partial charge is 0.306 e. The molecule has 0 bridgehead atoms. The van der Waals surface area contributed by atoms with Gasteiger partial charge >= 0.3 is 11.9 Å². The van der Waals surface area contributed by atoms with Gasteiger partial charge in [0.25, 0.3) is 0 Å². The summed E-state index contributed by atoms with van der Waals surface area (Å²) in [4.78, 5) is 21.4. The molecule has 3 atom stereocenters. The Balaban J connectivity index is 4.48. The van der Waals surface area contributed by atoms with Gasteiger partial charge in [-0.1, -0.05) is 20.3 Å².